The molecule has 0 amide bonds. The highest BCUT2D eigenvalue weighted by atomic mass is 15.2. The van der Waals surface area contributed by atoms with Crippen LogP contribution in [0, 0.1) is 11.8 Å². The van der Waals surface area contributed by atoms with E-state index in [0.717, 1.165) is 18.9 Å². The van der Waals surface area contributed by atoms with E-state index in [9.17, 15) is 0 Å². The first kappa shape index (κ1) is 16.5. The third-order valence-corrected chi connectivity index (χ3v) is 4.93. The van der Waals surface area contributed by atoms with Gasteiger partial charge in [-0.2, -0.15) is 0 Å². The van der Waals surface area contributed by atoms with Crippen molar-refractivity contribution in [2.45, 2.75) is 52.6 Å². The van der Waals surface area contributed by atoms with E-state index in [2.05, 4.69) is 68.2 Å². The molecule has 0 aromatic heterocycles. The van der Waals surface area contributed by atoms with E-state index in [4.69, 9.17) is 0 Å². The number of nitrogens with one attached hydrogen (secondary N) is 1. The lowest BCUT2D eigenvalue weighted by molar-refractivity contribution is 0.0970. The predicted octanol–water partition coefficient (Wildman–Crippen LogP) is 3.57. The predicted molar refractivity (Wildman–Crippen MR) is 91.6 cm³/mol. The fourth-order valence-electron chi connectivity index (χ4n) is 3.17. The monoisotopic (exact) mass is 288 g/mol. The maximum absolute atomic E-state index is 3.77. The molecule has 2 nitrogen and oxygen atoms in total. The minimum absolute atomic E-state index is 0.636. The van der Waals surface area contributed by atoms with Crippen molar-refractivity contribution in [3.8, 4) is 0 Å². The largest absolute Gasteiger partial charge is 0.311 e. The molecule has 21 heavy (non-hydrogen) atoms. The second-order valence-electron chi connectivity index (χ2n) is 7.07. The van der Waals surface area contributed by atoms with Gasteiger partial charge in [0.1, 0.15) is 0 Å². The van der Waals surface area contributed by atoms with Gasteiger partial charge in [0, 0.05) is 31.7 Å². The summed E-state index contributed by atoms with van der Waals surface area (Å²) in [5, 5.41) is 3.77. The maximum Gasteiger partial charge on any atom is 0.0261 e. The third kappa shape index (κ3) is 4.82. The van der Waals surface area contributed by atoms with Crippen molar-refractivity contribution in [2.24, 2.45) is 11.8 Å². The summed E-state index contributed by atoms with van der Waals surface area (Å²) in [5.41, 5.74) is 1.46. The Hall–Kier alpha value is -0.860. The molecule has 3 unspecified atom stereocenters. The van der Waals surface area contributed by atoms with Crippen LogP contribution in [0.2, 0.25) is 0 Å². The molecule has 1 fully saturated rings. The van der Waals surface area contributed by atoms with Gasteiger partial charge in [0.05, 0.1) is 0 Å². The molecule has 1 aromatic rings. The van der Waals surface area contributed by atoms with Crippen molar-refractivity contribution < 1.29 is 0 Å². The third-order valence-electron chi connectivity index (χ3n) is 4.93. The van der Waals surface area contributed by atoms with E-state index in [1.807, 2.05) is 0 Å². The van der Waals surface area contributed by atoms with Crippen LogP contribution in [0.5, 0.6) is 0 Å². The average Bonchev–Trinajstić information content (AvgIpc) is 2.49. The molecular formula is C19H32N2. The number of nitrogens with zero attached hydrogens (tertiary/aromatic N) is 1. The summed E-state index contributed by atoms with van der Waals surface area (Å²) in [5.74, 6) is 1.50. The molecule has 1 aromatic carbocycles. The summed E-state index contributed by atoms with van der Waals surface area (Å²) in [4.78, 5) is 2.74. The highest BCUT2D eigenvalue weighted by molar-refractivity contribution is 5.16. The fraction of sp³-hybridized carbons (Fsp3) is 0.684. The smallest absolute Gasteiger partial charge is 0.0261 e. The van der Waals surface area contributed by atoms with Crippen molar-refractivity contribution in [1.82, 2.24) is 10.2 Å². The van der Waals surface area contributed by atoms with E-state index in [1.165, 1.54) is 25.1 Å². The van der Waals surface area contributed by atoms with Crippen molar-refractivity contribution in [3.05, 3.63) is 35.9 Å². The SMILES string of the molecule is CCC(C)CN1CC(C(C)C)NCC1Cc1ccccc1. The average molecular weight is 288 g/mol. The number of hydrogen-bond acceptors (Lipinski definition) is 2. The summed E-state index contributed by atoms with van der Waals surface area (Å²) >= 11 is 0. The standard InChI is InChI=1S/C19H32N2/c1-5-16(4)13-21-14-19(15(2)3)20-12-18(21)11-17-9-7-6-8-10-17/h6-10,15-16,18-20H,5,11-14H2,1-4H3. The Balaban J connectivity index is 2.03. The summed E-state index contributed by atoms with van der Waals surface area (Å²) in [6.45, 7) is 12.9. The number of benzene rings is 1. The molecule has 1 heterocycles. The Morgan fingerprint density at radius 2 is 1.90 bits per heavy atom. The van der Waals surface area contributed by atoms with Crippen LogP contribution >= 0.6 is 0 Å². The second kappa shape index (κ2) is 7.95. The number of piperazine rings is 1. The van der Waals surface area contributed by atoms with Gasteiger partial charge in [0.2, 0.25) is 0 Å². The van der Waals surface area contributed by atoms with E-state index >= 15 is 0 Å². The van der Waals surface area contributed by atoms with Crippen LogP contribution in [0.1, 0.15) is 39.7 Å². The minimum Gasteiger partial charge on any atom is -0.311 e. The van der Waals surface area contributed by atoms with Crippen molar-refractivity contribution in [2.75, 3.05) is 19.6 Å². The van der Waals surface area contributed by atoms with Crippen molar-refractivity contribution >= 4 is 0 Å². The first-order valence-electron chi connectivity index (χ1n) is 8.61. The zero-order valence-corrected chi connectivity index (χ0v) is 14.2. The Morgan fingerprint density at radius 3 is 2.52 bits per heavy atom. The van der Waals surface area contributed by atoms with Crippen LogP contribution in [0.3, 0.4) is 0 Å². The molecular weight excluding hydrogens is 256 g/mol. The van der Waals surface area contributed by atoms with Crippen molar-refractivity contribution in [1.29, 1.82) is 0 Å². The van der Waals surface area contributed by atoms with Crippen LogP contribution in [0.4, 0.5) is 0 Å². The summed E-state index contributed by atoms with van der Waals surface area (Å²) in [7, 11) is 0. The van der Waals surface area contributed by atoms with E-state index in [0.29, 0.717) is 18.0 Å². The summed E-state index contributed by atoms with van der Waals surface area (Å²) in [6.07, 6.45) is 2.43. The van der Waals surface area contributed by atoms with Crippen LogP contribution < -0.4 is 5.32 Å². The molecule has 0 bridgehead atoms. The lowest BCUT2D eigenvalue weighted by Crippen LogP contribution is -2.59. The molecule has 1 N–H and O–H groups in total. The van der Waals surface area contributed by atoms with Gasteiger partial charge in [-0.1, -0.05) is 64.4 Å². The molecule has 2 heteroatoms. The van der Waals surface area contributed by atoms with E-state index < -0.39 is 0 Å². The van der Waals surface area contributed by atoms with Gasteiger partial charge in [-0.05, 0) is 23.8 Å². The Kier molecular flexibility index (Phi) is 6.25. The topological polar surface area (TPSA) is 15.3 Å². The summed E-state index contributed by atoms with van der Waals surface area (Å²) in [6, 6.07) is 12.2. The highest BCUT2D eigenvalue weighted by Gasteiger charge is 2.29. The van der Waals surface area contributed by atoms with Crippen LogP contribution in [0.15, 0.2) is 30.3 Å². The van der Waals surface area contributed by atoms with Crippen LogP contribution in [-0.2, 0) is 6.42 Å². The van der Waals surface area contributed by atoms with E-state index in [1.54, 1.807) is 0 Å². The lowest BCUT2D eigenvalue weighted by atomic mass is 9.94. The molecule has 2 rings (SSSR count). The molecule has 0 saturated carbocycles. The van der Waals surface area contributed by atoms with Crippen molar-refractivity contribution in [3.63, 3.8) is 0 Å². The van der Waals surface area contributed by atoms with Gasteiger partial charge >= 0.3 is 0 Å². The maximum atomic E-state index is 3.77. The molecule has 1 aliphatic rings. The molecule has 1 saturated heterocycles. The Labute approximate surface area is 130 Å². The van der Waals surface area contributed by atoms with Gasteiger partial charge < -0.3 is 5.32 Å². The first-order chi connectivity index (χ1) is 10.1. The molecule has 118 valence electrons. The van der Waals surface area contributed by atoms with Gasteiger partial charge in [-0.15, -0.1) is 0 Å². The Bertz CT molecular complexity index is 401. The Morgan fingerprint density at radius 1 is 1.19 bits per heavy atom. The molecule has 0 aliphatic carbocycles. The van der Waals surface area contributed by atoms with Gasteiger partial charge in [-0.3, -0.25) is 4.90 Å². The molecule has 0 radical (unpaired) electrons. The number of rotatable bonds is 6. The molecule has 1 aliphatic heterocycles. The normalized spacial score (nSPS) is 25.2. The second-order valence-corrected chi connectivity index (χ2v) is 7.07. The molecule has 0 spiro atoms. The van der Waals surface area contributed by atoms with Gasteiger partial charge in [0.25, 0.3) is 0 Å². The van der Waals surface area contributed by atoms with Crippen LogP contribution in [0.25, 0.3) is 0 Å². The fourth-order valence-corrected chi connectivity index (χ4v) is 3.17. The summed E-state index contributed by atoms with van der Waals surface area (Å²) < 4.78 is 0. The lowest BCUT2D eigenvalue weighted by Gasteiger charge is -2.43. The van der Waals surface area contributed by atoms with Gasteiger partial charge in [-0.25, -0.2) is 0 Å². The van der Waals surface area contributed by atoms with E-state index in [-0.39, 0.29) is 0 Å². The number of hydrogen-bond donors (Lipinski definition) is 1. The minimum atomic E-state index is 0.636. The van der Waals surface area contributed by atoms with Crippen LogP contribution in [-0.4, -0.2) is 36.6 Å². The van der Waals surface area contributed by atoms with Gasteiger partial charge in [0.15, 0.2) is 0 Å². The zero-order chi connectivity index (χ0) is 15.2. The highest BCUT2D eigenvalue weighted by Crippen LogP contribution is 2.18. The molecule has 3 atom stereocenters. The zero-order valence-electron chi connectivity index (χ0n) is 14.2. The first-order valence-corrected chi connectivity index (χ1v) is 8.61. The quantitative estimate of drug-likeness (QED) is 0.861.